The topological polar surface area (TPSA) is 71.3 Å². The van der Waals surface area contributed by atoms with E-state index in [-0.39, 0.29) is 5.56 Å². The van der Waals surface area contributed by atoms with E-state index in [9.17, 15) is 17.2 Å². The Bertz CT molecular complexity index is 757. The number of hydrogen-bond acceptors (Lipinski definition) is 4. The van der Waals surface area contributed by atoms with Crippen molar-refractivity contribution in [2.24, 2.45) is 0 Å². The van der Waals surface area contributed by atoms with Crippen LogP contribution in [0.15, 0.2) is 33.8 Å². The van der Waals surface area contributed by atoms with Gasteiger partial charge in [0.25, 0.3) is 10.0 Å². The molecule has 21 heavy (non-hydrogen) atoms. The zero-order chi connectivity index (χ0) is 15.6. The van der Waals surface area contributed by atoms with Gasteiger partial charge in [0.15, 0.2) is 5.82 Å². The highest BCUT2D eigenvalue weighted by Gasteiger charge is 2.23. The predicted molar refractivity (Wildman–Crippen MR) is 73.4 cm³/mol. The first-order chi connectivity index (χ1) is 9.85. The molecule has 2 rings (SSSR count). The van der Waals surface area contributed by atoms with Crippen molar-refractivity contribution in [2.75, 3.05) is 11.8 Å². The summed E-state index contributed by atoms with van der Waals surface area (Å²) >= 11 is 0. The first-order valence-electron chi connectivity index (χ1n) is 6.06. The maximum Gasteiger partial charge on any atom is 0.295 e. The maximum absolute atomic E-state index is 13.8. The van der Waals surface area contributed by atoms with Crippen LogP contribution in [0.5, 0.6) is 0 Å². The van der Waals surface area contributed by atoms with Crippen molar-refractivity contribution < 1.29 is 21.6 Å². The van der Waals surface area contributed by atoms with E-state index in [0.717, 1.165) is 6.07 Å². The molecule has 0 atom stereocenters. The minimum atomic E-state index is -4.20. The molecule has 0 radical (unpaired) electrons. The largest absolute Gasteiger partial charge is 0.446 e. The molecule has 1 aromatic carbocycles. The lowest BCUT2D eigenvalue weighted by molar-refractivity contribution is 0.408. The Morgan fingerprint density at radius 2 is 1.90 bits per heavy atom. The van der Waals surface area contributed by atoms with Gasteiger partial charge in [-0.3, -0.25) is 4.72 Å². The summed E-state index contributed by atoms with van der Waals surface area (Å²) in [5.41, 5.74) is -0.592. The lowest BCUT2D eigenvalue weighted by Gasteiger charge is -2.09. The van der Waals surface area contributed by atoms with E-state index in [1.807, 2.05) is 4.72 Å². The number of benzene rings is 1. The van der Waals surface area contributed by atoms with Gasteiger partial charge >= 0.3 is 0 Å². The molecule has 0 fully saturated rings. The number of furan rings is 1. The van der Waals surface area contributed by atoms with E-state index < -0.39 is 32.4 Å². The number of halogens is 2. The van der Waals surface area contributed by atoms with E-state index in [4.69, 9.17) is 4.42 Å². The van der Waals surface area contributed by atoms with Crippen LogP contribution in [-0.4, -0.2) is 15.5 Å². The van der Waals surface area contributed by atoms with Crippen LogP contribution in [0.1, 0.15) is 11.3 Å². The Morgan fingerprint density at radius 3 is 2.57 bits per heavy atom. The molecule has 114 valence electrons. The van der Waals surface area contributed by atoms with E-state index in [2.05, 4.69) is 5.32 Å². The van der Waals surface area contributed by atoms with Crippen LogP contribution in [-0.2, 0) is 16.6 Å². The van der Waals surface area contributed by atoms with Crippen LogP contribution in [0.3, 0.4) is 0 Å². The van der Waals surface area contributed by atoms with E-state index in [1.165, 1.54) is 25.1 Å². The molecule has 0 saturated carbocycles. The lowest BCUT2D eigenvalue weighted by atomic mass is 10.2. The van der Waals surface area contributed by atoms with Gasteiger partial charge in [-0.2, -0.15) is 8.42 Å². The molecular formula is C13H14F2N2O3S. The first kappa shape index (κ1) is 15.5. The van der Waals surface area contributed by atoms with E-state index >= 15 is 0 Å². The third kappa shape index (κ3) is 3.22. The zero-order valence-electron chi connectivity index (χ0n) is 11.4. The number of nitrogens with one attached hydrogen (secondary N) is 2. The molecule has 8 heteroatoms. The molecule has 0 aliphatic heterocycles. The normalized spacial score (nSPS) is 11.6. The average Bonchev–Trinajstić information content (AvgIpc) is 2.89. The van der Waals surface area contributed by atoms with Crippen LogP contribution in [0, 0.1) is 18.6 Å². The Kier molecular flexibility index (Phi) is 4.29. The summed E-state index contributed by atoms with van der Waals surface area (Å²) < 4.78 is 58.6. The van der Waals surface area contributed by atoms with Gasteiger partial charge in [-0.05, 0) is 37.7 Å². The van der Waals surface area contributed by atoms with Gasteiger partial charge in [0.1, 0.15) is 17.3 Å². The summed E-state index contributed by atoms with van der Waals surface area (Å²) in [5.74, 6) is -1.56. The maximum atomic E-state index is 13.8. The summed E-state index contributed by atoms with van der Waals surface area (Å²) in [5, 5.41) is 2.39. The SMILES string of the molecule is CNCc1ccc(S(=O)(=O)Nc2c(F)ccc(C)c2F)o1. The Balaban J connectivity index is 2.35. The van der Waals surface area contributed by atoms with E-state index in [0.29, 0.717) is 12.3 Å². The van der Waals surface area contributed by atoms with Crippen molar-refractivity contribution in [2.45, 2.75) is 18.6 Å². The predicted octanol–water partition coefficient (Wildman–Crippen LogP) is 2.39. The van der Waals surface area contributed by atoms with Gasteiger partial charge in [-0.25, -0.2) is 8.78 Å². The fourth-order valence-corrected chi connectivity index (χ4v) is 2.73. The third-order valence-corrected chi connectivity index (χ3v) is 4.00. The molecule has 0 unspecified atom stereocenters. The minimum absolute atomic E-state index is 0.129. The molecule has 0 spiro atoms. The number of sulfonamides is 1. The van der Waals surface area contributed by atoms with Crippen LogP contribution >= 0.6 is 0 Å². The molecular weight excluding hydrogens is 302 g/mol. The smallest absolute Gasteiger partial charge is 0.295 e. The van der Waals surface area contributed by atoms with Gasteiger partial charge < -0.3 is 9.73 Å². The van der Waals surface area contributed by atoms with Gasteiger partial charge in [0, 0.05) is 0 Å². The molecule has 0 bridgehead atoms. The summed E-state index contributed by atoms with van der Waals surface area (Å²) in [6.07, 6.45) is 0. The Hall–Kier alpha value is -1.93. The number of rotatable bonds is 5. The van der Waals surface area contributed by atoms with Gasteiger partial charge in [-0.1, -0.05) is 6.07 Å². The Morgan fingerprint density at radius 1 is 1.19 bits per heavy atom. The first-order valence-corrected chi connectivity index (χ1v) is 7.54. The second kappa shape index (κ2) is 5.82. The highest BCUT2D eigenvalue weighted by molar-refractivity contribution is 7.92. The third-order valence-electron chi connectivity index (χ3n) is 2.77. The van der Waals surface area contributed by atoms with Crippen LogP contribution in [0.2, 0.25) is 0 Å². The summed E-state index contributed by atoms with van der Waals surface area (Å²) in [7, 11) is -2.52. The second-order valence-electron chi connectivity index (χ2n) is 4.41. The zero-order valence-corrected chi connectivity index (χ0v) is 12.2. The minimum Gasteiger partial charge on any atom is -0.446 e. The van der Waals surface area contributed by atoms with E-state index in [1.54, 1.807) is 7.05 Å². The van der Waals surface area contributed by atoms with Gasteiger partial charge in [-0.15, -0.1) is 0 Å². The van der Waals surface area contributed by atoms with Crippen LogP contribution in [0.25, 0.3) is 0 Å². The molecule has 0 aliphatic rings. The lowest BCUT2D eigenvalue weighted by Crippen LogP contribution is -2.15. The summed E-state index contributed by atoms with van der Waals surface area (Å²) in [6.45, 7) is 1.74. The standard InChI is InChI=1S/C13H14F2N2O3S/c1-8-3-5-10(14)13(12(8)15)17-21(18,19)11-6-4-9(20-11)7-16-2/h3-6,16-17H,7H2,1-2H3. The fourth-order valence-electron chi connectivity index (χ4n) is 1.71. The van der Waals surface area contributed by atoms with Crippen molar-refractivity contribution in [3.63, 3.8) is 0 Å². The highest BCUT2D eigenvalue weighted by atomic mass is 32.2. The van der Waals surface area contributed by atoms with Crippen LogP contribution in [0.4, 0.5) is 14.5 Å². The number of hydrogen-bond donors (Lipinski definition) is 2. The van der Waals surface area contributed by atoms with Crippen molar-refractivity contribution in [3.8, 4) is 0 Å². The summed E-state index contributed by atoms with van der Waals surface area (Å²) in [6, 6.07) is 4.90. The number of anilines is 1. The second-order valence-corrected chi connectivity index (χ2v) is 6.02. The van der Waals surface area contributed by atoms with Gasteiger partial charge in [0.05, 0.1) is 6.54 Å². The molecule has 0 aliphatic carbocycles. The Labute approximate surface area is 121 Å². The molecule has 5 nitrogen and oxygen atoms in total. The van der Waals surface area contributed by atoms with Crippen molar-refractivity contribution in [1.82, 2.24) is 5.32 Å². The van der Waals surface area contributed by atoms with Crippen LogP contribution < -0.4 is 10.0 Å². The average molecular weight is 316 g/mol. The van der Waals surface area contributed by atoms with Crippen molar-refractivity contribution >= 4 is 15.7 Å². The molecule has 2 aromatic rings. The van der Waals surface area contributed by atoms with Crippen molar-refractivity contribution in [1.29, 1.82) is 0 Å². The number of aryl methyl sites for hydroxylation is 1. The molecule has 1 heterocycles. The summed E-state index contributed by atoms with van der Waals surface area (Å²) in [4.78, 5) is 0. The molecule has 1 aromatic heterocycles. The van der Waals surface area contributed by atoms with Crippen molar-refractivity contribution in [3.05, 3.63) is 47.2 Å². The fraction of sp³-hybridized carbons (Fsp3) is 0.231. The van der Waals surface area contributed by atoms with Gasteiger partial charge in [0.2, 0.25) is 5.09 Å². The molecule has 0 amide bonds. The highest BCUT2D eigenvalue weighted by Crippen LogP contribution is 2.25. The molecule has 2 N–H and O–H groups in total. The molecule has 0 saturated heterocycles. The quantitative estimate of drug-likeness (QED) is 0.888. The monoisotopic (exact) mass is 316 g/mol.